The van der Waals surface area contributed by atoms with Crippen LogP contribution in [0.5, 0.6) is 0 Å². The standard InChI is InChI=1S/C32H29FN6O/c1-18(2)32(40)36-23-13-21(16-34-17-23)25-14-27-28(10-9-19(25)3)38-39-30(27)29-15-26-24(8-5-11-35-31(26)37-29)20-6-4-7-22(33)12-20/h4-8,10-18,35,37-38H,9H2,1-3H3,(H,36,40). The number of hydrogen-bond donors (Lipinski definition) is 4. The van der Waals surface area contributed by atoms with E-state index in [1.807, 2.05) is 56.6 Å². The lowest BCUT2D eigenvalue weighted by Crippen LogP contribution is -2.23. The van der Waals surface area contributed by atoms with E-state index < -0.39 is 0 Å². The van der Waals surface area contributed by atoms with Gasteiger partial charge in [0.05, 0.1) is 22.9 Å². The molecule has 2 aliphatic rings. The molecule has 1 aromatic carbocycles. The molecule has 1 amide bonds. The van der Waals surface area contributed by atoms with Gasteiger partial charge in [-0.2, -0.15) is 5.10 Å². The van der Waals surface area contributed by atoms with Crippen LogP contribution in [0.3, 0.4) is 0 Å². The molecule has 40 heavy (non-hydrogen) atoms. The average molecular weight is 533 g/mol. The quantitative estimate of drug-likeness (QED) is 0.279. The van der Waals surface area contributed by atoms with Gasteiger partial charge in [0.1, 0.15) is 17.3 Å². The molecule has 0 saturated heterocycles. The van der Waals surface area contributed by atoms with Crippen molar-refractivity contribution in [3.05, 3.63) is 106 Å². The summed E-state index contributed by atoms with van der Waals surface area (Å²) in [5.74, 6) is 0.343. The Balaban J connectivity index is 1.43. The lowest BCUT2D eigenvalue weighted by Gasteiger charge is -2.11. The SMILES string of the molecule is CC1=C(c2cncc(NC(=O)C(C)C)c2)C=c2c(-c3cc4c([nH]3)NC=CC=C4c3cccc(F)c3)n[nH]c2=CC1. The Kier molecular flexibility index (Phi) is 6.51. The summed E-state index contributed by atoms with van der Waals surface area (Å²) in [6, 6.07) is 10.6. The molecular formula is C32H29FN6O. The van der Waals surface area contributed by atoms with Gasteiger partial charge in [-0.15, -0.1) is 0 Å². The van der Waals surface area contributed by atoms with Gasteiger partial charge in [0.15, 0.2) is 0 Å². The molecule has 200 valence electrons. The summed E-state index contributed by atoms with van der Waals surface area (Å²) in [6.07, 6.45) is 14.2. The van der Waals surface area contributed by atoms with Gasteiger partial charge in [-0.05, 0) is 66.5 Å². The van der Waals surface area contributed by atoms with Crippen molar-refractivity contribution in [2.75, 3.05) is 10.6 Å². The molecule has 4 aromatic rings. The minimum Gasteiger partial charge on any atom is -0.348 e. The van der Waals surface area contributed by atoms with Crippen molar-refractivity contribution < 1.29 is 9.18 Å². The number of H-pyrrole nitrogens is 2. The summed E-state index contributed by atoms with van der Waals surface area (Å²) in [6.45, 7) is 5.82. The van der Waals surface area contributed by atoms with Crippen LogP contribution in [0, 0.1) is 11.7 Å². The molecule has 8 heteroatoms. The molecule has 0 radical (unpaired) electrons. The van der Waals surface area contributed by atoms with Crippen LogP contribution in [0.25, 0.3) is 34.7 Å². The predicted molar refractivity (Wildman–Crippen MR) is 158 cm³/mol. The molecule has 1 aliphatic carbocycles. The van der Waals surface area contributed by atoms with Gasteiger partial charge in [0.25, 0.3) is 0 Å². The van der Waals surface area contributed by atoms with Crippen molar-refractivity contribution in [1.82, 2.24) is 20.2 Å². The van der Waals surface area contributed by atoms with Crippen LogP contribution in [-0.2, 0) is 4.79 Å². The molecule has 0 saturated carbocycles. The van der Waals surface area contributed by atoms with Crippen molar-refractivity contribution >= 4 is 40.7 Å². The number of carbonyl (C=O) groups excluding carboxylic acids is 1. The molecule has 0 fully saturated rings. The van der Waals surface area contributed by atoms with E-state index in [2.05, 4.69) is 49.9 Å². The molecule has 0 spiro atoms. The zero-order valence-electron chi connectivity index (χ0n) is 22.5. The Hall–Kier alpha value is -4.98. The Morgan fingerprint density at radius 3 is 2.83 bits per heavy atom. The van der Waals surface area contributed by atoms with Crippen molar-refractivity contribution in [3.8, 4) is 11.4 Å². The van der Waals surface area contributed by atoms with E-state index in [1.54, 1.807) is 12.3 Å². The number of carbonyl (C=O) groups is 1. The molecule has 0 atom stereocenters. The second-order valence-corrected chi connectivity index (χ2v) is 10.3. The Bertz CT molecular complexity index is 1850. The number of aromatic nitrogens is 4. The molecule has 4 heterocycles. The summed E-state index contributed by atoms with van der Waals surface area (Å²) in [7, 11) is 0. The second-order valence-electron chi connectivity index (χ2n) is 10.3. The van der Waals surface area contributed by atoms with Crippen molar-refractivity contribution in [1.29, 1.82) is 0 Å². The van der Waals surface area contributed by atoms with Gasteiger partial charge in [-0.1, -0.05) is 43.7 Å². The first-order valence-corrected chi connectivity index (χ1v) is 13.2. The molecular weight excluding hydrogens is 503 g/mol. The van der Waals surface area contributed by atoms with E-state index in [-0.39, 0.29) is 17.6 Å². The molecule has 3 aromatic heterocycles. The maximum Gasteiger partial charge on any atom is 0.226 e. The van der Waals surface area contributed by atoms with Gasteiger partial charge >= 0.3 is 0 Å². The van der Waals surface area contributed by atoms with Crippen molar-refractivity contribution in [2.45, 2.75) is 27.2 Å². The van der Waals surface area contributed by atoms with Crippen LogP contribution in [0.15, 0.2) is 72.7 Å². The summed E-state index contributed by atoms with van der Waals surface area (Å²) >= 11 is 0. The number of rotatable bonds is 5. The van der Waals surface area contributed by atoms with Crippen molar-refractivity contribution in [2.24, 2.45) is 5.92 Å². The number of hydrogen-bond acceptors (Lipinski definition) is 4. The third-order valence-electron chi connectivity index (χ3n) is 7.12. The number of anilines is 2. The van der Waals surface area contributed by atoms with Crippen LogP contribution in [-0.4, -0.2) is 26.1 Å². The maximum absolute atomic E-state index is 14.1. The number of nitrogens with one attached hydrogen (secondary N) is 4. The number of fused-ring (bicyclic) bond motifs is 2. The molecule has 4 N–H and O–H groups in total. The van der Waals surface area contributed by atoms with Crippen LogP contribution in [0.1, 0.15) is 43.9 Å². The monoisotopic (exact) mass is 532 g/mol. The fraction of sp³-hybridized carbons (Fsp3) is 0.156. The fourth-order valence-corrected chi connectivity index (χ4v) is 4.96. The zero-order valence-corrected chi connectivity index (χ0v) is 22.5. The first kappa shape index (κ1) is 25.3. The highest BCUT2D eigenvalue weighted by Crippen LogP contribution is 2.34. The molecule has 0 unspecified atom stereocenters. The summed E-state index contributed by atoms with van der Waals surface area (Å²) < 4.78 is 14.1. The highest BCUT2D eigenvalue weighted by molar-refractivity contribution is 5.96. The van der Waals surface area contributed by atoms with Gasteiger partial charge < -0.3 is 15.6 Å². The largest absolute Gasteiger partial charge is 0.348 e. The zero-order chi connectivity index (χ0) is 27.8. The summed E-state index contributed by atoms with van der Waals surface area (Å²) in [5.41, 5.74) is 7.99. The van der Waals surface area contributed by atoms with E-state index in [1.165, 1.54) is 17.7 Å². The minimum absolute atomic E-state index is 0.0520. The summed E-state index contributed by atoms with van der Waals surface area (Å²) in [5, 5.41) is 16.0. The van der Waals surface area contributed by atoms with Gasteiger partial charge in [-0.3, -0.25) is 14.9 Å². The van der Waals surface area contributed by atoms with Gasteiger partial charge in [0.2, 0.25) is 5.91 Å². The normalized spacial score (nSPS) is 14.3. The second kappa shape index (κ2) is 10.3. The number of allylic oxidation sites excluding steroid dienone is 4. The third kappa shape index (κ3) is 4.80. The van der Waals surface area contributed by atoms with E-state index in [0.29, 0.717) is 5.69 Å². The average Bonchev–Trinajstić information content (AvgIpc) is 3.43. The van der Waals surface area contributed by atoms with E-state index in [4.69, 9.17) is 0 Å². The number of nitrogens with zero attached hydrogens (tertiary/aromatic N) is 2. The smallest absolute Gasteiger partial charge is 0.226 e. The maximum atomic E-state index is 14.1. The van der Waals surface area contributed by atoms with Crippen molar-refractivity contribution in [3.63, 3.8) is 0 Å². The predicted octanol–water partition coefficient (Wildman–Crippen LogP) is 5.34. The Morgan fingerprint density at radius 1 is 1.12 bits per heavy atom. The van der Waals surface area contributed by atoms with Crippen LogP contribution >= 0.6 is 0 Å². The number of amides is 1. The first-order valence-electron chi connectivity index (χ1n) is 13.2. The van der Waals surface area contributed by atoms with Gasteiger partial charge in [-0.25, -0.2) is 4.39 Å². The highest BCUT2D eigenvalue weighted by Gasteiger charge is 2.19. The van der Waals surface area contributed by atoms with E-state index in [9.17, 15) is 9.18 Å². The fourth-order valence-electron chi connectivity index (χ4n) is 4.96. The molecule has 1 aliphatic heterocycles. The lowest BCUT2D eigenvalue weighted by atomic mass is 9.98. The highest BCUT2D eigenvalue weighted by atomic mass is 19.1. The van der Waals surface area contributed by atoms with Gasteiger partial charge in [0, 0.05) is 34.7 Å². The van der Waals surface area contributed by atoms with Crippen LogP contribution in [0.4, 0.5) is 15.9 Å². The first-order chi connectivity index (χ1) is 19.4. The lowest BCUT2D eigenvalue weighted by molar-refractivity contribution is -0.118. The summed E-state index contributed by atoms with van der Waals surface area (Å²) in [4.78, 5) is 20.2. The number of halogens is 1. The van der Waals surface area contributed by atoms with E-state index in [0.717, 1.165) is 62.0 Å². The van der Waals surface area contributed by atoms with Crippen LogP contribution < -0.4 is 21.2 Å². The third-order valence-corrected chi connectivity index (χ3v) is 7.12. The Morgan fingerprint density at radius 2 is 2.00 bits per heavy atom. The molecule has 0 bridgehead atoms. The number of aromatic amines is 2. The minimum atomic E-state index is -0.281. The molecule has 6 rings (SSSR count). The van der Waals surface area contributed by atoms with Crippen LogP contribution in [0.2, 0.25) is 0 Å². The topological polar surface area (TPSA) is 98.5 Å². The number of pyridine rings is 1. The van der Waals surface area contributed by atoms with E-state index >= 15 is 0 Å². The number of benzene rings is 1. The molecule has 7 nitrogen and oxygen atoms in total. The Labute approximate surface area is 231 Å².